The van der Waals surface area contributed by atoms with Crippen LogP contribution in [0.15, 0.2) is 36.4 Å². The van der Waals surface area contributed by atoms with Gasteiger partial charge in [-0.15, -0.1) is 0 Å². The van der Waals surface area contributed by atoms with Gasteiger partial charge in [0.25, 0.3) is 0 Å². The zero-order valence-electron chi connectivity index (χ0n) is 13.2. The average molecular weight is 294 g/mol. The molecule has 0 amide bonds. The maximum absolute atomic E-state index is 6.04. The second-order valence-corrected chi connectivity index (χ2v) is 8.23. The van der Waals surface area contributed by atoms with Crippen molar-refractivity contribution in [1.82, 2.24) is 0 Å². The topological polar surface area (TPSA) is 27.7 Å². The van der Waals surface area contributed by atoms with Crippen LogP contribution in [-0.2, 0) is 13.3 Å². The minimum Gasteiger partial charge on any atom is -0.377 e. The molecule has 0 spiro atoms. The molecule has 112 valence electrons. The Balaban J connectivity index is 2.45. The minimum atomic E-state index is -2.48. The summed E-state index contributed by atoms with van der Waals surface area (Å²) in [6.07, 6.45) is 6.20. The first-order chi connectivity index (χ1) is 9.41. The lowest BCUT2D eigenvalue weighted by Crippen LogP contribution is -2.47. The summed E-state index contributed by atoms with van der Waals surface area (Å²) in [5, 5.41) is 0. The molecule has 1 aromatic carbocycles. The van der Waals surface area contributed by atoms with E-state index >= 15 is 0 Å². The van der Waals surface area contributed by atoms with Crippen molar-refractivity contribution in [1.29, 1.82) is 0 Å². The van der Waals surface area contributed by atoms with Gasteiger partial charge in [0, 0.05) is 20.8 Å². The molecule has 0 N–H and O–H groups in total. The monoisotopic (exact) mass is 294 g/mol. The number of hydrogen-bond donors (Lipinski definition) is 0. The lowest BCUT2D eigenvalue weighted by Gasteiger charge is -2.33. The van der Waals surface area contributed by atoms with E-state index in [0.717, 1.165) is 12.8 Å². The summed E-state index contributed by atoms with van der Waals surface area (Å²) in [6, 6.07) is 10.3. The highest BCUT2D eigenvalue weighted by Gasteiger charge is 2.38. The highest BCUT2D eigenvalue weighted by molar-refractivity contribution is 6.59. The first-order valence-corrected chi connectivity index (χ1v) is 9.15. The molecule has 0 unspecified atom stereocenters. The van der Waals surface area contributed by atoms with Gasteiger partial charge < -0.3 is 13.3 Å². The van der Waals surface area contributed by atoms with Crippen molar-refractivity contribution in [2.45, 2.75) is 38.8 Å². The second kappa shape index (κ2) is 7.74. The first kappa shape index (κ1) is 17.1. The van der Waals surface area contributed by atoms with Crippen molar-refractivity contribution in [3.63, 3.8) is 0 Å². The van der Waals surface area contributed by atoms with Crippen LogP contribution in [0.5, 0.6) is 0 Å². The Morgan fingerprint density at radius 2 is 1.70 bits per heavy atom. The van der Waals surface area contributed by atoms with Gasteiger partial charge in [-0.05, 0) is 32.3 Å². The van der Waals surface area contributed by atoms with Crippen molar-refractivity contribution in [2.75, 3.05) is 14.2 Å². The van der Waals surface area contributed by atoms with Gasteiger partial charge in [0.1, 0.15) is 0 Å². The molecule has 0 aliphatic rings. The third-order valence-corrected chi connectivity index (χ3v) is 5.63. The standard InChI is InChI=1S/C16H26O3Si/c1-16(2,19-20(5,17-3)18-4)14-10-9-13-15-11-7-6-8-12-15/h6-9,11-13H,10,14H2,1-5H3. The molecule has 0 atom stereocenters. The summed E-state index contributed by atoms with van der Waals surface area (Å²) in [5.41, 5.74) is 0.966. The first-order valence-electron chi connectivity index (χ1n) is 6.93. The number of benzene rings is 1. The third kappa shape index (κ3) is 6.01. The summed E-state index contributed by atoms with van der Waals surface area (Å²) >= 11 is 0. The predicted molar refractivity (Wildman–Crippen MR) is 85.5 cm³/mol. The highest BCUT2D eigenvalue weighted by Crippen LogP contribution is 2.23. The number of hydrogen-bond acceptors (Lipinski definition) is 3. The largest absolute Gasteiger partial charge is 0.497 e. The van der Waals surface area contributed by atoms with E-state index in [1.54, 1.807) is 14.2 Å². The molecule has 0 aliphatic heterocycles. The molecule has 0 aromatic heterocycles. The number of rotatable bonds is 8. The molecule has 4 heteroatoms. The van der Waals surface area contributed by atoms with E-state index in [-0.39, 0.29) is 5.60 Å². The van der Waals surface area contributed by atoms with Crippen LogP contribution in [0.2, 0.25) is 6.55 Å². The van der Waals surface area contributed by atoms with Crippen LogP contribution in [0.3, 0.4) is 0 Å². The molecule has 20 heavy (non-hydrogen) atoms. The highest BCUT2D eigenvalue weighted by atomic mass is 28.4. The van der Waals surface area contributed by atoms with Crippen LogP contribution in [0.4, 0.5) is 0 Å². The van der Waals surface area contributed by atoms with E-state index in [0.29, 0.717) is 0 Å². The molecule has 1 rings (SSSR count). The van der Waals surface area contributed by atoms with E-state index < -0.39 is 8.80 Å². The maximum atomic E-state index is 6.04. The molecule has 0 radical (unpaired) electrons. The molecule has 1 aromatic rings. The van der Waals surface area contributed by atoms with E-state index in [9.17, 15) is 0 Å². The van der Waals surface area contributed by atoms with Crippen molar-refractivity contribution >= 4 is 14.9 Å². The Morgan fingerprint density at radius 1 is 1.10 bits per heavy atom. The third-order valence-electron chi connectivity index (χ3n) is 3.23. The van der Waals surface area contributed by atoms with Crippen LogP contribution in [-0.4, -0.2) is 28.6 Å². The Bertz CT molecular complexity index is 411. The van der Waals surface area contributed by atoms with Crippen LogP contribution in [0.25, 0.3) is 6.08 Å². The van der Waals surface area contributed by atoms with Crippen LogP contribution in [0, 0.1) is 0 Å². The van der Waals surface area contributed by atoms with Gasteiger partial charge in [0.2, 0.25) is 0 Å². The molecule has 0 bridgehead atoms. The predicted octanol–water partition coefficient (Wildman–Crippen LogP) is 4.14. The molecule has 0 saturated carbocycles. The van der Waals surface area contributed by atoms with Crippen molar-refractivity contribution in [3.8, 4) is 0 Å². The van der Waals surface area contributed by atoms with Crippen LogP contribution >= 0.6 is 0 Å². The Hall–Kier alpha value is -0.943. The van der Waals surface area contributed by atoms with Gasteiger partial charge in [-0.25, -0.2) is 0 Å². The summed E-state index contributed by atoms with van der Waals surface area (Å²) in [6.45, 7) is 6.06. The van der Waals surface area contributed by atoms with Gasteiger partial charge in [-0.3, -0.25) is 0 Å². The minimum absolute atomic E-state index is 0.256. The van der Waals surface area contributed by atoms with Gasteiger partial charge in [0.15, 0.2) is 0 Å². The van der Waals surface area contributed by atoms with E-state index in [4.69, 9.17) is 13.3 Å². The number of allylic oxidation sites excluding steroid dienone is 1. The van der Waals surface area contributed by atoms with Crippen molar-refractivity contribution in [2.24, 2.45) is 0 Å². The molecule has 0 heterocycles. The quantitative estimate of drug-likeness (QED) is 0.675. The molecule has 0 fully saturated rings. The SMILES string of the molecule is CO[Si](C)(OC)OC(C)(C)CCC=Cc1ccccc1. The van der Waals surface area contributed by atoms with E-state index in [1.807, 2.05) is 24.7 Å². The fourth-order valence-electron chi connectivity index (χ4n) is 1.93. The lowest BCUT2D eigenvalue weighted by molar-refractivity contribution is 0.00550. The van der Waals surface area contributed by atoms with Crippen LogP contribution in [0.1, 0.15) is 32.3 Å². The molecular formula is C16H26O3Si. The summed E-state index contributed by atoms with van der Waals surface area (Å²) < 4.78 is 16.8. The van der Waals surface area contributed by atoms with Crippen LogP contribution < -0.4 is 0 Å². The van der Waals surface area contributed by atoms with Crippen molar-refractivity contribution < 1.29 is 13.3 Å². The smallest absolute Gasteiger partial charge is 0.377 e. The average Bonchev–Trinajstić information content (AvgIpc) is 2.44. The Labute approximate surface area is 123 Å². The summed E-state index contributed by atoms with van der Waals surface area (Å²) in [4.78, 5) is 0. The van der Waals surface area contributed by atoms with Crippen molar-refractivity contribution in [3.05, 3.63) is 42.0 Å². The van der Waals surface area contributed by atoms with Gasteiger partial charge in [-0.1, -0.05) is 42.5 Å². The summed E-state index contributed by atoms with van der Waals surface area (Å²) in [7, 11) is 0.799. The fourth-order valence-corrected chi connectivity index (χ4v) is 3.37. The van der Waals surface area contributed by atoms with Gasteiger partial charge in [-0.2, -0.15) is 0 Å². The van der Waals surface area contributed by atoms with Gasteiger partial charge >= 0.3 is 8.80 Å². The van der Waals surface area contributed by atoms with E-state index in [1.165, 1.54) is 5.56 Å². The summed E-state index contributed by atoms with van der Waals surface area (Å²) in [5.74, 6) is 0. The fraction of sp³-hybridized carbons (Fsp3) is 0.500. The Morgan fingerprint density at radius 3 is 2.25 bits per heavy atom. The zero-order valence-corrected chi connectivity index (χ0v) is 14.2. The maximum Gasteiger partial charge on any atom is 0.497 e. The Kier molecular flexibility index (Phi) is 6.62. The molecule has 3 nitrogen and oxygen atoms in total. The lowest BCUT2D eigenvalue weighted by atomic mass is 10.0. The normalized spacial score (nSPS) is 13.1. The molecule has 0 saturated heterocycles. The second-order valence-electron chi connectivity index (χ2n) is 5.48. The molecule has 0 aliphatic carbocycles. The molecular weight excluding hydrogens is 268 g/mol. The zero-order chi connectivity index (χ0) is 15.1. The van der Waals surface area contributed by atoms with Gasteiger partial charge in [0.05, 0.1) is 5.60 Å². The van der Waals surface area contributed by atoms with E-state index in [2.05, 4.69) is 38.1 Å².